The van der Waals surface area contributed by atoms with Crippen molar-refractivity contribution in [2.24, 2.45) is 0 Å². The molecule has 0 unspecified atom stereocenters. The van der Waals surface area contributed by atoms with Crippen LogP contribution in [0.5, 0.6) is 23.0 Å². The molecule has 0 aliphatic rings. The highest BCUT2D eigenvalue weighted by Crippen LogP contribution is 2.37. The van der Waals surface area contributed by atoms with Gasteiger partial charge in [-0.1, -0.05) is 12.1 Å². The second-order valence-electron chi connectivity index (χ2n) is 6.63. The Kier molecular flexibility index (Phi) is 5.97. The highest BCUT2D eigenvalue weighted by atomic mass is 79.9. The lowest BCUT2D eigenvalue weighted by Gasteiger charge is -2.12. The molecule has 4 rings (SSSR count). The maximum absolute atomic E-state index is 5.93. The second-order valence-corrected chi connectivity index (χ2v) is 8.34. The van der Waals surface area contributed by atoms with Gasteiger partial charge in [0.1, 0.15) is 23.0 Å². The van der Waals surface area contributed by atoms with Crippen LogP contribution in [-0.4, -0.2) is 0 Å². The van der Waals surface area contributed by atoms with E-state index in [0.717, 1.165) is 43.1 Å². The molecule has 0 amide bonds. The summed E-state index contributed by atoms with van der Waals surface area (Å²) in [5.41, 5.74) is 14.9. The summed E-state index contributed by atoms with van der Waals surface area (Å²) in [6.45, 7) is 0. The lowest BCUT2D eigenvalue weighted by atomic mass is 10.1. The summed E-state index contributed by atoms with van der Waals surface area (Å²) < 4.78 is 13.6. The van der Waals surface area contributed by atoms with Gasteiger partial charge in [0.25, 0.3) is 0 Å². The van der Waals surface area contributed by atoms with Crippen molar-refractivity contribution < 1.29 is 9.47 Å². The lowest BCUT2D eigenvalue weighted by Crippen LogP contribution is -1.89. The molecule has 0 bridgehead atoms. The third-order valence-electron chi connectivity index (χ3n) is 4.41. The molecule has 4 aromatic carbocycles. The van der Waals surface area contributed by atoms with E-state index in [-0.39, 0.29) is 0 Å². The molecule has 4 N–H and O–H groups in total. The van der Waals surface area contributed by atoms with Crippen LogP contribution in [0.4, 0.5) is 11.4 Å². The quantitative estimate of drug-likeness (QED) is 0.263. The van der Waals surface area contributed by atoms with E-state index < -0.39 is 0 Å². The second kappa shape index (κ2) is 8.81. The molecule has 4 nitrogen and oxygen atoms in total. The van der Waals surface area contributed by atoms with Gasteiger partial charge in [-0.25, -0.2) is 0 Å². The lowest BCUT2D eigenvalue weighted by molar-refractivity contribution is 0.479. The molecular formula is C24H18Br2N2O2. The van der Waals surface area contributed by atoms with Gasteiger partial charge in [0.2, 0.25) is 0 Å². The smallest absolute Gasteiger partial charge is 0.141 e. The molecule has 0 spiro atoms. The molecule has 0 fully saturated rings. The Bertz CT molecular complexity index is 1080. The zero-order chi connectivity index (χ0) is 21.1. The van der Waals surface area contributed by atoms with Gasteiger partial charge in [0, 0.05) is 11.4 Å². The van der Waals surface area contributed by atoms with E-state index >= 15 is 0 Å². The fourth-order valence-electron chi connectivity index (χ4n) is 2.85. The van der Waals surface area contributed by atoms with Crippen LogP contribution in [0.25, 0.3) is 11.1 Å². The summed E-state index contributed by atoms with van der Waals surface area (Å²) in [6, 6.07) is 26.5. The molecule has 0 heterocycles. The van der Waals surface area contributed by atoms with Crippen LogP contribution in [0, 0.1) is 0 Å². The van der Waals surface area contributed by atoms with E-state index in [9.17, 15) is 0 Å². The Morgan fingerprint density at radius 1 is 0.500 bits per heavy atom. The van der Waals surface area contributed by atoms with Gasteiger partial charge in [-0.05, 0) is 116 Å². The number of nitrogens with two attached hydrogens (primary N) is 2. The van der Waals surface area contributed by atoms with Crippen LogP contribution in [0.2, 0.25) is 0 Å². The molecule has 30 heavy (non-hydrogen) atoms. The largest absolute Gasteiger partial charge is 0.456 e. The van der Waals surface area contributed by atoms with Crippen molar-refractivity contribution in [3.63, 3.8) is 0 Å². The Balaban J connectivity index is 1.53. The van der Waals surface area contributed by atoms with Gasteiger partial charge >= 0.3 is 0 Å². The van der Waals surface area contributed by atoms with E-state index in [1.807, 2.05) is 84.9 Å². The molecule has 0 saturated carbocycles. The van der Waals surface area contributed by atoms with Crippen molar-refractivity contribution in [1.82, 2.24) is 0 Å². The van der Waals surface area contributed by atoms with Gasteiger partial charge in [-0.3, -0.25) is 0 Å². The van der Waals surface area contributed by atoms with Crippen LogP contribution >= 0.6 is 31.9 Å². The highest BCUT2D eigenvalue weighted by Gasteiger charge is 2.09. The van der Waals surface area contributed by atoms with Crippen molar-refractivity contribution in [2.45, 2.75) is 0 Å². The summed E-state index contributed by atoms with van der Waals surface area (Å²) in [5.74, 6) is 2.91. The Morgan fingerprint density at radius 2 is 0.867 bits per heavy atom. The normalized spacial score (nSPS) is 10.6. The van der Waals surface area contributed by atoms with Gasteiger partial charge in [0.15, 0.2) is 0 Å². The van der Waals surface area contributed by atoms with Crippen LogP contribution in [0.1, 0.15) is 0 Å². The Hall–Kier alpha value is -2.96. The number of ether oxygens (including phenoxy) is 2. The van der Waals surface area contributed by atoms with E-state index in [1.165, 1.54) is 0 Å². The summed E-state index contributed by atoms with van der Waals surface area (Å²) >= 11 is 7.21. The molecule has 0 atom stereocenters. The topological polar surface area (TPSA) is 70.5 Å². The van der Waals surface area contributed by atoms with Gasteiger partial charge in [0.05, 0.1) is 8.95 Å². The fourth-order valence-corrected chi connectivity index (χ4v) is 3.77. The molecule has 0 aliphatic heterocycles. The summed E-state index contributed by atoms with van der Waals surface area (Å²) in [4.78, 5) is 0. The molecule has 0 aliphatic carbocycles. The van der Waals surface area contributed by atoms with E-state index in [1.54, 1.807) is 0 Å². The SMILES string of the molecule is Nc1ccc(Oc2ccc(-c3ccc(Oc4ccc(N)cc4)c(Br)c3)cc2Br)cc1. The molecule has 6 heteroatoms. The monoisotopic (exact) mass is 524 g/mol. The number of halogens is 2. The first-order valence-electron chi connectivity index (χ1n) is 9.14. The van der Waals surface area contributed by atoms with Crippen molar-refractivity contribution in [3.05, 3.63) is 93.9 Å². The van der Waals surface area contributed by atoms with Crippen LogP contribution in [0.15, 0.2) is 93.9 Å². The van der Waals surface area contributed by atoms with Gasteiger partial charge < -0.3 is 20.9 Å². The third kappa shape index (κ3) is 4.78. The molecule has 0 radical (unpaired) electrons. The average molecular weight is 526 g/mol. The van der Waals surface area contributed by atoms with Crippen molar-refractivity contribution in [1.29, 1.82) is 0 Å². The van der Waals surface area contributed by atoms with Crippen LogP contribution in [0.3, 0.4) is 0 Å². The van der Waals surface area contributed by atoms with Gasteiger partial charge in [-0.15, -0.1) is 0 Å². The summed E-state index contributed by atoms with van der Waals surface area (Å²) in [7, 11) is 0. The summed E-state index contributed by atoms with van der Waals surface area (Å²) in [6.07, 6.45) is 0. The number of hydrogen-bond acceptors (Lipinski definition) is 4. The predicted octanol–water partition coefficient (Wildman–Crippen LogP) is 7.63. The number of benzene rings is 4. The standard InChI is InChI=1S/C24H18Br2N2O2/c25-21-13-15(1-11-23(21)29-19-7-3-17(27)4-8-19)16-2-12-24(22(26)14-16)30-20-9-5-18(28)6-10-20/h1-14H,27-28H2. The minimum atomic E-state index is 0.700. The molecule has 4 aromatic rings. The first kappa shape index (κ1) is 20.3. The maximum atomic E-state index is 5.93. The van der Waals surface area contributed by atoms with E-state index in [2.05, 4.69) is 31.9 Å². The highest BCUT2D eigenvalue weighted by molar-refractivity contribution is 9.11. The maximum Gasteiger partial charge on any atom is 0.141 e. The summed E-state index contributed by atoms with van der Waals surface area (Å²) in [5, 5.41) is 0. The van der Waals surface area contributed by atoms with Gasteiger partial charge in [-0.2, -0.15) is 0 Å². The van der Waals surface area contributed by atoms with E-state index in [0.29, 0.717) is 11.4 Å². The molecule has 150 valence electrons. The van der Waals surface area contributed by atoms with Crippen LogP contribution < -0.4 is 20.9 Å². The minimum Gasteiger partial charge on any atom is -0.456 e. The first-order chi connectivity index (χ1) is 14.5. The number of anilines is 2. The molecule has 0 saturated heterocycles. The Labute approximate surface area is 191 Å². The first-order valence-corrected chi connectivity index (χ1v) is 10.7. The molecule has 0 aromatic heterocycles. The third-order valence-corrected chi connectivity index (χ3v) is 5.65. The number of rotatable bonds is 5. The zero-order valence-electron chi connectivity index (χ0n) is 15.8. The van der Waals surface area contributed by atoms with Crippen molar-refractivity contribution in [2.75, 3.05) is 11.5 Å². The predicted molar refractivity (Wildman–Crippen MR) is 129 cm³/mol. The van der Waals surface area contributed by atoms with Crippen LogP contribution in [-0.2, 0) is 0 Å². The molecular weight excluding hydrogens is 508 g/mol. The zero-order valence-corrected chi connectivity index (χ0v) is 19.0. The van der Waals surface area contributed by atoms with Crippen molar-refractivity contribution >= 4 is 43.2 Å². The van der Waals surface area contributed by atoms with E-state index in [4.69, 9.17) is 20.9 Å². The Morgan fingerprint density at radius 3 is 1.20 bits per heavy atom. The fraction of sp³-hybridized carbons (Fsp3) is 0. The number of nitrogen functional groups attached to an aromatic ring is 2. The minimum absolute atomic E-state index is 0.700. The number of hydrogen-bond donors (Lipinski definition) is 2. The average Bonchev–Trinajstić information content (AvgIpc) is 2.74. The van der Waals surface area contributed by atoms with Crippen molar-refractivity contribution in [3.8, 4) is 34.1 Å².